The van der Waals surface area contributed by atoms with Gasteiger partial charge < -0.3 is 18.5 Å². The molecule has 0 spiro atoms. The van der Waals surface area contributed by atoms with Gasteiger partial charge in [-0.25, -0.2) is 18.4 Å². The van der Waals surface area contributed by atoms with Crippen molar-refractivity contribution in [3.63, 3.8) is 0 Å². The molecule has 0 radical (unpaired) electrons. The largest absolute Gasteiger partial charge is 0.586 e. The van der Waals surface area contributed by atoms with E-state index in [1.165, 1.54) is 18.4 Å². The highest BCUT2D eigenvalue weighted by atomic mass is 32.2. The topological polar surface area (TPSA) is 96.5 Å². The minimum Gasteiger partial charge on any atom is -0.440 e. The number of nitrogens with zero attached hydrogens (tertiary/aromatic N) is 3. The minimum absolute atomic E-state index is 0.0646. The number of oxazole rings is 1. The molecule has 8 nitrogen and oxygen atoms in total. The average molecular weight is 590 g/mol. The van der Waals surface area contributed by atoms with Crippen LogP contribution in [-0.4, -0.2) is 35.5 Å². The van der Waals surface area contributed by atoms with E-state index in [9.17, 15) is 17.2 Å². The minimum atomic E-state index is -3.75. The van der Waals surface area contributed by atoms with E-state index in [0.29, 0.717) is 34.0 Å². The Bertz CT molecular complexity index is 1990. The van der Waals surface area contributed by atoms with E-state index in [-0.39, 0.29) is 22.3 Å². The molecule has 1 aliphatic carbocycles. The number of halogens is 2. The molecule has 3 heterocycles. The zero-order chi connectivity index (χ0) is 29.4. The Morgan fingerprint density at radius 2 is 1.64 bits per heavy atom. The zero-order valence-corrected chi connectivity index (χ0v) is 23.7. The molecule has 11 heteroatoms. The van der Waals surface area contributed by atoms with Gasteiger partial charge >= 0.3 is 6.29 Å². The second-order valence-electron chi connectivity index (χ2n) is 10.7. The number of benzene rings is 3. The second-order valence-corrected chi connectivity index (χ2v) is 12.7. The lowest BCUT2D eigenvalue weighted by Crippen LogP contribution is -2.25. The summed E-state index contributed by atoms with van der Waals surface area (Å²) >= 11 is 0. The number of aryl methyl sites for hydroxylation is 2. The van der Waals surface area contributed by atoms with Crippen LogP contribution >= 0.6 is 0 Å². The summed E-state index contributed by atoms with van der Waals surface area (Å²) in [6.45, 7) is 3.81. The fraction of sp³-hybridized carbons (Fsp3) is 0.226. The van der Waals surface area contributed by atoms with Crippen molar-refractivity contribution in [3.05, 3.63) is 84.3 Å². The Kier molecular flexibility index (Phi) is 5.81. The lowest BCUT2D eigenvalue weighted by atomic mass is 9.98. The third kappa shape index (κ3) is 4.73. The smallest absolute Gasteiger partial charge is 0.440 e. The maximum atomic E-state index is 13.8. The standard InChI is InChI=1S/C31H25F2N3O5S/c1-17-16-36(18(2)34-17)25-11-9-21(20-5-4-6-23(13-20)42(3,37)38)14-24(25)28-29(39-30(35-28)19-7-8-19)22-10-12-26-27(15-22)41-31(32,33)40-26/h4-6,9-16,19H,7-8H2,1-3H3. The quantitative estimate of drug-likeness (QED) is 0.209. The lowest BCUT2D eigenvalue weighted by Gasteiger charge is -2.14. The molecule has 0 amide bonds. The summed E-state index contributed by atoms with van der Waals surface area (Å²) in [6, 6.07) is 17.1. The van der Waals surface area contributed by atoms with Crippen LogP contribution in [0.4, 0.5) is 8.78 Å². The summed E-state index contributed by atoms with van der Waals surface area (Å²) in [5.74, 6) is 1.74. The molecule has 0 N–H and O–H groups in total. The fourth-order valence-corrected chi connectivity index (χ4v) is 5.86. The van der Waals surface area contributed by atoms with Crippen LogP contribution in [0.2, 0.25) is 0 Å². The summed E-state index contributed by atoms with van der Waals surface area (Å²) in [4.78, 5) is 9.72. The van der Waals surface area contributed by atoms with Crippen LogP contribution in [0.1, 0.15) is 36.2 Å². The molecule has 1 aliphatic heterocycles. The van der Waals surface area contributed by atoms with E-state index in [0.717, 1.165) is 35.6 Å². The van der Waals surface area contributed by atoms with Gasteiger partial charge in [0.15, 0.2) is 33.0 Å². The normalized spacial score (nSPS) is 15.7. The number of fused-ring (bicyclic) bond motifs is 1. The van der Waals surface area contributed by atoms with Gasteiger partial charge in [0.2, 0.25) is 0 Å². The van der Waals surface area contributed by atoms with Crippen molar-refractivity contribution < 1.29 is 31.1 Å². The van der Waals surface area contributed by atoms with E-state index < -0.39 is 16.1 Å². The molecule has 1 fully saturated rings. The van der Waals surface area contributed by atoms with Crippen molar-refractivity contribution in [2.24, 2.45) is 0 Å². The lowest BCUT2D eigenvalue weighted by molar-refractivity contribution is -0.286. The number of hydrogen-bond donors (Lipinski definition) is 0. The molecular weight excluding hydrogens is 564 g/mol. The highest BCUT2D eigenvalue weighted by molar-refractivity contribution is 7.90. The van der Waals surface area contributed by atoms with Gasteiger partial charge in [0.05, 0.1) is 16.3 Å². The van der Waals surface area contributed by atoms with Crippen LogP contribution in [0.5, 0.6) is 11.5 Å². The van der Waals surface area contributed by atoms with Crippen LogP contribution < -0.4 is 9.47 Å². The SMILES string of the molecule is Cc1cn(-c2ccc(-c3cccc(S(C)(=O)=O)c3)cc2-c2nc(C3CC3)oc2-c2ccc3c(c2)OC(F)(F)O3)c(C)n1. The predicted molar refractivity (Wildman–Crippen MR) is 151 cm³/mol. The molecule has 0 unspecified atom stereocenters. The van der Waals surface area contributed by atoms with Crippen molar-refractivity contribution in [1.29, 1.82) is 0 Å². The van der Waals surface area contributed by atoms with E-state index >= 15 is 0 Å². The first-order valence-electron chi connectivity index (χ1n) is 13.3. The second kappa shape index (κ2) is 9.25. The van der Waals surface area contributed by atoms with E-state index in [4.69, 9.17) is 14.1 Å². The molecule has 0 atom stereocenters. The third-order valence-corrected chi connectivity index (χ3v) is 8.45. The number of rotatable bonds is 6. The van der Waals surface area contributed by atoms with Crippen LogP contribution in [0.3, 0.4) is 0 Å². The van der Waals surface area contributed by atoms with E-state index in [2.05, 4.69) is 9.72 Å². The maximum absolute atomic E-state index is 13.8. The Balaban J connectivity index is 1.45. The van der Waals surface area contributed by atoms with Crippen LogP contribution in [0.15, 0.2) is 76.2 Å². The highest BCUT2D eigenvalue weighted by Gasteiger charge is 2.43. The first-order chi connectivity index (χ1) is 19.9. The summed E-state index contributed by atoms with van der Waals surface area (Å²) in [7, 11) is -3.42. The van der Waals surface area contributed by atoms with Crippen molar-refractivity contribution >= 4 is 9.84 Å². The Hall–Kier alpha value is -4.51. The Labute approximate surface area is 240 Å². The van der Waals surface area contributed by atoms with Gasteiger partial charge in [-0.3, -0.25) is 0 Å². The summed E-state index contributed by atoms with van der Waals surface area (Å²) in [6.07, 6.45) is 1.23. The molecule has 2 aromatic heterocycles. The monoisotopic (exact) mass is 589 g/mol. The first kappa shape index (κ1) is 26.4. The highest BCUT2D eigenvalue weighted by Crippen LogP contribution is 2.48. The predicted octanol–water partition coefficient (Wildman–Crippen LogP) is 7.08. The first-order valence-corrected chi connectivity index (χ1v) is 15.2. The summed E-state index contributed by atoms with van der Waals surface area (Å²) < 4.78 is 69.7. The van der Waals surface area contributed by atoms with Gasteiger partial charge in [-0.2, -0.15) is 0 Å². The molecule has 5 aromatic rings. The number of sulfone groups is 1. The van der Waals surface area contributed by atoms with Gasteiger partial charge in [0.1, 0.15) is 11.5 Å². The molecule has 0 saturated heterocycles. The summed E-state index contributed by atoms with van der Waals surface area (Å²) in [5.41, 5.74) is 4.80. The molecule has 0 bridgehead atoms. The van der Waals surface area contributed by atoms with E-state index in [1.54, 1.807) is 24.3 Å². The van der Waals surface area contributed by atoms with Crippen molar-refractivity contribution in [2.75, 3.05) is 6.26 Å². The number of imidazole rings is 1. The van der Waals surface area contributed by atoms with Gasteiger partial charge in [0.25, 0.3) is 0 Å². The number of ether oxygens (including phenoxy) is 2. The van der Waals surface area contributed by atoms with Crippen LogP contribution in [0, 0.1) is 13.8 Å². The van der Waals surface area contributed by atoms with E-state index in [1.807, 2.05) is 48.9 Å². The molecule has 214 valence electrons. The van der Waals surface area contributed by atoms with Crippen LogP contribution in [-0.2, 0) is 9.84 Å². The average Bonchev–Trinajstić information content (AvgIpc) is 3.48. The van der Waals surface area contributed by atoms with Gasteiger partial charge in [-0.1, -0.05) is 18.2 Å². The Morgan fingerprint density at radius 1 is 0.905 bits per heavy atom. The molecule has 42 heavy (non-hydrogen) atoms. The molecule has 7 rings (SSSR count). The number of hydrogen-bond acceptors (Lipinski definition) is 7. The molecule has 3 aromatic carbocycles. The van der Waals surface area contributed by atoms with Gasteiger partial charge in [-0.05, 0) is 80.3 Å². The molecule has 2 aliphatic rings. The number of alkyl halides is 2. The fourth-order valence-electron chi connectivity index (χ4n) is 5.19. The van der Waals surface area contributed by atoms with Crippen molar-refractivity contribution in [2.45, 2.75) is 43.8 Å². The van der Waals surface area contributed by atoms with Gasteiger partial charge in [0, 0.05) is 29.5 Å². The van der Waals surface area contributed by atoms with Crippen LogP contribution in [0.25, 0.3) is 39.4 Å². The van der Waals surface area contributed by atoms with Crippen molar-refractivity contribution in [1.82, 2.24) is 14.5 Å². The zero-order valence-electron chi connectivity index (χ0n) is 22.9. The van der Waals surface area contributed by atoms with Gasteiger partial charge in [-0.15, -0.1) is 8.78 Å². The molecular formula is C31H25F2N3O5S. The third-order valence-electron chi connectivity index (χ3n) is 7.34. The molecule has 1 saturated carbocycles. The number of aromatic nitrogens is 3. The Morgan fingerprint density at radius 3 is 2.36 bits per heavy atom. The maximum Gasteiger partial charge on any atom is 0.586 e. The van der Waals surface area contributed by atoms with Crippen molar-refractivity contribution in [3.8, 4) is 50.9 Å². The summed E-state index contributed by atoms with van der Waals surface area (Å²) in [5, 5.41) is 0.